The number of fused-ring (bicyclic) bond motifs is 1. The van der Waals surface area contributed by atoms with Crippen molar-refractivity contribution in [1.29, 1.82) is 0 Å². The molecule has 0 amide bonds. The summed E-state index contributed by atoms with van der Waals surface area (Å²) in [5.74, 6) is 0. The minimum atomic E-state index is 0.803. The fourth-order valence-electron chi connectivity index (χ4n) is 2.05. The van der Waals surface area contributed by atoms with Crippen molar-refractivity contribution in [2.45, 2.75) is 13.0 Å². The lowest BCUT2D eigenvalue weighted by Crippen LogP contribution is -2.33. The lowest BCUT2D eigenvalue weighted by atomic mass is 9.99. The maximum Gasteiger partial charge on any atom is 0.0589 e. The zero-order chi connectivity index (χ0) is 10.7. The van der Waals surface area contributed by atoms with Gasteiger partial charge in [0, 0.05) is 32.4 Å². The molecule has 3 heteroatoms. The molecular formula is C12H18N2O. The van der Waals surface area contributed by atoms with E-state index in [4.69, 9.17) is 10.5 Å². The average Bonchev–Trinajstić information content (AvgIpc) is 2.25. The normalized spacial score (nSPS) is 16.3. The first-order chi connectivity index (χ1) is 7.29. The highest BCUT2D eigenvalue weighted by molar-refractivity contribution is 5.45. The second kappa shape index (κ2) is 4.64. The Morgan fingerprint density at radius 1 is 1.40 bits per heavy atom. The van der Waals surface area contributed by atoms with Gasteiger partial charge in [0.2, 0.25) is 0 Å². The molecule has 1 aromatic carbocycles. The standard InChI is InChI=1S/C12H18N2O/c1-15-7-6-14-5-4-10-2-3-12(13)8-11(10)9-14/h2-3,8H,4-7,9,13H2,1H3. The van der Waals surface area contributed by atoms with Gasteiger partial charge in [-0.2, -0.15) is 0 Å². The first-order valence-corrected chi connectivity index (χ1v) is 5.38. The number of hydrogen-bond acceptors (Lipinski definition) is 3. The Hall–Kier alpha value is -1.06. The van der Waals surface area contributed by atoms with E-state index in [-0.39, 0.29) is 0 Å². The predicted octanol–water partition coefficient (Wildman–Crippen LogP) is 1.27. The molecule has 0 atom stereocenters. The van der Waals surface area contributed by atoms with E-state index in [1.54, 1.807) is 7.11 Å². The summed E-state index contributed by atoms with van der Waals surface area (Å²) in [6.45, 7) is 3.94. The zero-order valence-corrected chi connectivity index (χ0v) is 9.20. The summed E-state index contributed by atoms with van der Waals surface area (Å²) in [5.41, 5.74) is 9.46. The van der Waals surface area contributed by atoms with Crippen LogP contribution in [0.4, 0.5) is 5.69 Å². The van der Waals surface area contributed by atoms with E-state index in [2.05, 4.69) is 17.0 Å². The largest absolute Gasteiger partial charge is 0.399 e. The van der Waals surface area contributed by atoms with Crippen LogP contribution in [-0.2, 0) is 17.7 Å². The molecular weight excluding hydrogens is 188 g/mol. The molecule has 15 heavy (non-hydrogen) atoms. The number of hydrogen-bond donors (Lipinski definition) is 1. The van der Waals surface area contributed by atoms with Crippen LogP contribution in [0.2, 0.25) is 0 Å². The number of rotatable bonds is 3. The van der Waals surface area contributed by atoms with Crippen LogP contribution in [0.25, 0.3) is 0 Å². The van der Waals surface area contributed by atoms with E-state index in [9.17, 15) is 0 Å². The van der Waals surface area contributed by atoms with Gasteiger partial charge in [-0.3, -0.25) is 4.90 Å². The van der Waals surface area contributed by atoms with Gasteiger partial charge in [0.15, 0.2) is 0 Å². The highest BCUT2D eigenvalue weighted by atomic mass is 16.5. The van der Waals surface area contributed by atoms with Crippen molar-refractivity contribution in [2.75, 3.05) is 32.5 Å². The van der Waals surface area contributed by atoms with Gasteiger partial charge in [-0.25, -0.2) is 0 Å². The fourth-order valence-corrected chi connectivity index (χ4v) is 2.05. The molecule has 0 unspecified atom stereocenters. The van der Waals surface area contributed by atoms with E-state index >= 15 is 0 Å². The number of methoxy groups -OCH3 is 1. The monoisotopic (exact) mass is 206 g/mol. The van der Waals surface area contributed by atoms with Crippen molar-refractivity contribution in [1.82, 2.24) is 4.90 Å². The van der Waals surface area contributed by atoms with Crippen molar-refractivity contribution in [2.24, 2.45) is 0 Å². The Kier molecular flexibility index (Phi) is 3.23. The second-order valence-electron chi connectivity index (χ2n) is 4.05. The molecule has 0 fully saturated rings. The summed E-state index contributed by atoms with van der Waals surface area (Å²) in [7, 11) is 1.75. The van der Waals surface area contributed by atoms with E-state index in [0.29, 0.717) is 0 Å². The lowest BCUT2D eigenvalue weighted by molar-refractivity contribution is 0.141. The molecule has 0 aliphatic carbocycles. The number of nitrogens with zero attached hydrogens (tertiary/aromatic N) is 1. The SMILES string of the molecule is COCCN1CCc2ccc(N)cc2C1. The zero-order valence-electron chi connectivity index (χ0n) is 9.20. The molecule has 2 rings (SSSR count). The summed E-state index contributed by atoms with van der Waals surface area (Å²) in [6, 6.07) is 6.23. The van der Waals surface area contributed by atoms with Crippen LogP contribution in [0.1, 0.15) is 11.1 Å². The van der Waals surface area contributed by atoms with Crippen molar-refractivity contribution < 1.29 is 4.74 Å². The van der Waals surface area contributed by atoms with Gasteiger partial charge in [0.25, 0.3) is 0 Å². The smallest absolute Gasteiger partial charge is 0.0589 e. The molecule has 1 heterocycles. The second-order valence-corrected chi connectivity index (χ2v) is 4.05. The topological polar surface area (TPSA) is 38.5 Å². The maximum atomic E-state index is 5.78. The van der Waals surface area contributed by atoms with Gasteiger partial charge in [-0.15, -0.1) is 0 Å². The number of nitrogen functional groups attached to an aromatic ring is 1. The summed E-state index contributed by atoms with van der Waals surface area (Å²) in [6.07, 6.45) is 1.12. The molecule has 2 N–H and O–H groups in total. The summed E-state index contributed by atoms with van der Waals surface area (Å²) in [5, 5.41) is 0. The Balaban J connectivity index is 2.05. The quantitative estimate of drug-likeness (QED) is 0.757. The number of benzene rings is 1. The Morgan fingerprint density at radius 3 is 3.07 bits per heavy atom. The number of anilines is 1. The molecule has 82 valence electrons. The molecule has 0 spiro atoms. The molecule has 1 aromatic rings. The van der Waals surface area contributed by atoms with Crippen molar-refractivity contribution in [3.05, 3.63) is 29.3 Å². The minimum absolute atomic E-state index is 0.803. The van der Waals surface area contributed by atoms with Gasteiger partial charge in [-0.1, -0.05) is 6.07 Å². The molecule has 0 aromatic heterocycles. The van der Waals surface area contributed by atoms with E-state index in [1.807, 2.05) is 6.07 Å². The van der Waals surface area contributed by atoms with Crippen molar-refractivity contribution in [3.8, 4) is 0 Å². The summed E-state index contributed by atoms with van der Waals surface area (Å²) >= 11 is 0. The molecule has 0 saturated heterocycles. The van der Waals surface area contributed by atoms with Crippen LogP contribution in [-0.4, -0.2) is 31.7 Å². The molecule has 1 aliphatic rings. The maximum absolute atomic E-state index is 5.78. The molecule has 0 saturated carbocycles. The highest BCUT2D eigenvalue weighted by Gasteiger charge is 2.15. The third-order valence-electron chi connectivity index (χ3n) is 2.93. The van der Waals surface area contributed by atoms with Gasteiger partial charge in [-0.05, 0) is 29.7 Å². The predicted molar refractivity (Wildman–Crippen MR) is 61.7 cm³/mol. The third kappa shape index (κ3) is 2.49. The first-order valence-electron chi connectivity index (χ1n) is 5.38. The Morgan fingerprint density at radius 2 is 2.27 bits per heavy atom. The van der Waals surface area contributed by atoms with Gasteiger partial charge < -0.3 is 10.5 Å². The van der Waals surface area contributed by atoms with Crippen LogP contribution < -0.4 is 5.73 Å². The Labute approximate surface area is 90.8 Å². The molecule has 1 aliphatic heterocycles. The van der Waals surface area contributed by atoms with E-state index in [1.165, 1.54) is 11.1 Å². The Bertz CT molecular complexity index is 338. The van der Waals surface area contributed by atoms with Crippen molar-refractivity contribution in [3.63, 3.8) is 0 Å². The first kappa shape index (κ1) is 10.5. The average molecular weight is 206 g/mol. The number of nitrogens with two attached hydrogens (primary N) is 1. The number of ether oxygens (including phenoxy) is 1. The van der Waals surface area contributed by atoms with E-state index in [0.717, 1.165) is 38.3 Å². The lowest BCUT2D eigenvalue weighted by Gasteiger charge is -2.28. The fraction of sp³-hybridized carbons (Fsp3) is 0.500. The summed E-state index contributed by atoms with van der Waals surface area (Å²) < 4.78 is 5.09. The molecule has 0 radical (unpaired) electrons. The third-order valence-corrected chi connectivity index (χ3v) is 2.93. The van der Waals surface area contributed by atoms with Gasteiger partial charge >= 0.3 is 0 Å². The van der Waals surface area contributed by atoms with Gasteiger partial charge in [0.05, 0.1) is 6.61 Å². The minimum Gasteiger partial charge on any atom is -0.399 e. The van der Waals surface area contributed by atoms with Gasteiger partial charge in [0.1, 0.15) is 0 Å². The van der Waals surface area contributed by atoms with Crippen LogP contribution >= 0.6 is 0 Å². The molecule has 0 bridgehead atoms. The molecule has 3 nitrogen and oxygen atoms in total. The van der Waals surface area contributed by atoms with Crippen LogP contribution in [0.3, 0.4) is 0 Å². The van der Waals surface area contributed by atoms with Crippen LogP contribution in [0.5, 0.6) is 0 Å². The highest BCUT2D eigenvalue weighted by Crippen LogP contribution is 2.20. The van der Waals surface area contributed by atoms with E-state index < -0.39 is 0 Å². The van der Waals surface area contributed by atoms with Crippen molar-refractivity contribution >= 4 is 5.69 Å². The summed E-state index contributed by atoms with van der Waals surface area (Å²) in [4.78, 5) is 2.41. The van der Waals surface area contributed by atoms with Crippen LogP contribution in [0.15, 0.2) is 18.2 Å². The van der Waals surface area contributed by atoms with Crippen LogP contribution in [0, 0.1) is 0 Å².